The lowest BCUT2D eigenvalue weighted by atomic mass is 9.98. The minimum atomic E-state index is -0.213. The SMILES string of the molecule is COC(=O)C1CCCN(C(=O)NCCCSC)C1. The Labute approximate surface area is 113 Å². The molecule has 0 aromatic carbocycles. The molecule has 0 saturated carbocycles. The summed E-state index contributed by atoms with van der Waals surface area (Å²) in [6.45, 7) is 1.89. The molecule has 0 aromatic heterocycles. The summed E-state index contributed by atoms with van der Waals surface area (Å²) in [5, 5.41) is 2.89. The Morgan fingerprint density at radius 3 is 2.94 bits per heavy atom. The molecule has 6 heteroatoms. The third kappa shape index (κ3) is 4.76. The van der Waals surface area contributed by atoms with Crippen molar-refractivity contribution in [1.29, 1.82) is 0 Å². The van der Waals surface area contributed by atoms with Crippen molar-refractivity contribution in [3.63, 3.8) is 0 Å². The fourth-order valence-electron chi connectivity index (χ4n) is 2.04. The van der Waals surface area contributed by atoms with E-state index in [1.54, 1.807) is 16.7 Å². The van der Waals surface area contributed by atoms with Gasteiger partial charge in [0.25, 0.3) is 0 Å². The second-order valence-electron chi connectivity index (χ2n) is 4.39. The molecule has 5 nitrogen and oxygen atoms in total. The highest BCUT2D eigenvalue weighted by Crippen LogP contribution is 2.17. The van der Waals surface area contributed by atoms with E-state index in [0.29, 0.717) is 13.1 Å². The highest BCUT2D eigenvalue weighted by molar-refractivity contribution is 7.98. The van der Waals surface area contributed by atoms with Crippen molar-refractivity contribution in [3.05, 3.63) is 0 Å². The number of esters is 1. The Morgan fingerprint density at radius 2 is 2.28 bits per heavy atom. The lowest BCUT2D eigenvalue weighted by molar-refractivity contribution is -0.146. The van der Waals surface area contributed by atoms with Gasteiger partial charge in [0.15, 0.2) is 0 Å². The zero-order valence-corrected chi connectivity index (χ0v) is 11.9. The number of urea groups is 1. The lowest BCUT2D eigenvalue weighted by Gasteiger charge is -2.31. The maximum Gasteiger partial charge on any atom is 0.317 e. The second-order valence-corrected chi connectivity index (χ2v) is 5.37. The number of thioether (sulfide) groups is 1. The summed E-state index contributed by atoms with van der Waals surface area (Å²) >= 11 is 1.77. The number of likely N-dealkylation sites (tertiary alicyclic amines) is 1. The summed E-state index contributed by atoms with van der Waals surface area (Å²) in [4.78, 5) is 25.0. The van der Waals surface area contributed by atoms with Gasteiger partial charge >= 0.3 is 12.0 Å². The molecular formula is C12H22N2O3S. The zero-order valence-electron chi connectivity index (χ0n) is 11.1. The molecule has 0 radical (unpaired) electrons. The molecule has 104 valence electrons. The van der Waals surface area contributed by atoms with Crippen molar-refractivity contribution in [3.8, 4) is 0 Å². The van der Waals surface area contributed by atoms with Crippen molar-refractivity contribution >= 4 is 23.8 Å². The van der Waals surface area contributed by atoms with Crippen molar-refractivity contribution < 1.29 is 14.3 Å². The molecule has 0 aliphatic carbocycles. The summed E-state index contributed by atoms with van der Waals surface area (Å²) in [6.07, 6.45) is 4.69. The van der Waals surface area contributed by atoms with Crippen LogP contribution in [0.4, 0.5) is 4.79 Å². The van der Waals surface area contributed by atoms with E-state index in [4.69, 9.17) is 4.74 Å². The molecule has 1 atom stereocenters. The fraction of sp³-hybridized carbons (Fsp3) is 0.833. The van der Waals surface area contributed by atoms with Crippen LogP contribution in [0.1, 0.15) is 19.3 Å². The van der Waals surface area contributed by atoms with Crippen LogP contribution in [0.3, 0.4) is 0 Å². The molecule has 1 N–H and O–H groups in total. The Hall–Kier alpha value is -0.910. The minimum absolute atomic E-state index is 0.0651. The van der Waals surface area contributed by atoms with Crippen LogP contribution >= 0.6 is 11.8 Å². The number of amides is 2. The number of rotatable bonds is 5. The Balaban J connectivity index is 2.31. The van der Waals surface area contributed by atoms with Gasteiger partial charge < -0.3 is 15.0 Å². The molecule has 1 rings (SSSR count). The predicted molar refractivity (Wildman–Crippen MR) is 72.7 cm³/mol. The Morgan fingerprint density at radius 1 is 1.50 bits per heavy atom. The maximum atomic E-state index is 11.9. The van der Waals surface area contributed by atoms with E-state index in [0.717, 1.165) is 31.6 Å². The number of ether oxygens (including phenoxy) is 1. The fourth-order valence-corrected chi connectivity index (χ4v) is 2.48. The predicted octanol–water partition coefficient (Wildman–Crippen LogP) is 1.33. The van der Waals surface area contributed by atoms with Gasteiger partial charge in [-0.15, -0.1) is 0 Å². The summed E-state index contributed by atoms with van der Waals surface area (Å²) in [5.74, 6) is 0.668. The number of piperidine rings is 1. The van der Waals surface area contributed by atoms with E-state index in [-0.39, 0.29) is 17.9 Å². The standard InChI is InChI=1S/C12H22N2O3S/c1-17-11(15)10-5-3-7-14(9-10)12(16)13-6-4-8-18-2/h10H,3-9H2,1-2H3,(H,13,16). The summed E-state index contributed by atoms with van der Waals surface area (Å²) in [6, 6.07) is -0.0651. The number of methoxy groups -OCH3 is 1. The number of nitrogens with zero attached hydrogens (tertiary/aromatic N) is 1. The van der Waals surface area contributed by atoms with Crippen LogP contribution in [-0.2, 0) is 9.53 Å². The summed E-state index contributed by atoms with van der Waals surface area (Å²) in [7, 11) is 1.39. The van der Waals surface area contributed by atoms with E-state index in [9.17, 15) is 9.59 Å². The highest BCUT2D eigenvalue weighted by atomic mass is 32.2. The van der Waals surface area contributed by atoms with Crippen LogP contribution < -0.4 is 5.32 Å². The first-order valence-corrected chi connectivity index (χ1v) is 7.68. The Kier molecular flexibility index (Phi) is 6.93. The van der Waals surface area contributed by atoms with Gasteiger partial charge in [-0.2, -0.15) is 11.8 Å². The molecule has 1 unspecified atom stereocenters. The molecule has 18 heavy (non-hydrogen) atoms. The number of carbonyl (C=O) groups is 2. The number of nitrogens with one attached hydrogen (secondary N) is 1. The number of hydrogen-bond acceptors (Lipinski definition) is 4. The van der Waals surface area contributed by atoms with Crippen molar-refractivity contribution in [1.82, 2.24) is 10.2 Å². The van der Waals surface area contributed by atoms with Crippen LogP contribution in [0, 0.1) is 5.92 Å². The van der Waals surface area contributed by atoms with Crippen LogP contribution in [-0.4, -0.2) is 55.7 Å². The van der Waals surface area contributed by atoms with Crippen molar-refractivity contribution in [2.45, 2.75) is 19.3 Å². The molecule has 1 heterocycles. The smallest absolute Gasteiger partial charge is 0.317 e. The third-order valence-electron chi connectivity index (χ3n) is 3.04. The minimum Gasteiger partial charge on any atom is -0.469 e. The summed E-state index contributed by atoms with van der Waals surface area (Å²) in [5.41, 5.74) is 0. The normalized spacial score (nSPS) is 19.4. The van der Waals surface area contributed by atoms with Crippen LogP contribution in [0.15, 0.2) is 0 Å². The van der Waals surface area contributed by atoms with Crippen LogP contribution in [0.2, 0.25) is 0 Å². The zero-order chi connectivity index (χ0) is 13.4. The molecular weight excluding hydrogens is 252 g/mol. The first-order chi connectivity index (χ1) is 8.69. The monoisotopic (exact) mass is 274 g/mol. The van der Waals surface area contributed by atoms with Gasteiger partial charge in [0, 0.05) is 19.6 Å². The topological polar surface area (TPSA) is 58.6 Å². The summed E-state index contributed by atoms with van der Waals surface area (Å²) < 4.78 is 4.73. The van der Waals surface area contributed by atoms with Crippen molar-refractivity contribution in [2.24, 2.45) is 5.92 Å². The van der Waals surface area contributed by atoms with Crippen LogP contribution in [0.25, 0.3) is 0 Å². The highest BCUT2D eigenvalue weighted by Gasteiger charge is 2.28. The molecule has 0 spiro atoms. The second kappa shape index (κ2) is 8.24. The molecule has 1 saturated heterocycles. The van der Waals surface area contributed by atoms with Gasteiger partial charge in [0.1, 0.15) is 0 Å². The maximum absolute atomic E-state index is 11.9. The van der Waals surface area contributed by atoms with Crippen molar-refractivity contribution in [2.75, 3.05) is 38.8 Å². The first kappa shape index (κ1) is 15.1. The Bertz CT molecular complexity index is 286. The van der Waals surface area contributed by atoms with Gasteiger partial charge in [-0.05, 0) is 31.3 Å². The molecule has 1 aliphatic heterocycles. The van der Waals surface area contributed by atoms with Gasteiger partial charge in [-0.25, -0.2) is 4.79 Å². The number of hydrogen-bond donors (Lipinski definition) is 1. The third-order valence-corrected chi connectivity index (χ3v) is 3.74. The number of carbonyl (C=O) groups excluding carboxylic acids is 2. The van der Waals surface area contributed by atoms with E-state index in [2.05, 4.69) is 5.32 Å². The first-order valence-electron chi connectivity index (χ1n) is 6.28. The quantitative estimate of drug-likeness (QED) is 0.607. The lowest BCUT2D eigenvalue weighted by Crippen LogP contribution is -2.47. The van der Waals surface area contributed by atoms with E-state index >= 15 is 0 Å². The van der Waals surface area contributed by atoms with Crippen LogP contribution in [0.5, 0.6) is 0 Å². The van der Waals surface area contributed by atoms with Gasteiger partial charge in [0.05, 0.1) is 13.0 Å². The molecule has 1 aliphatic rings. The largest absolute Gasteiger partial charge is 0.469 e. The van der Waals surface area contributed by atoms with E-state index in [1.165, 1.54) is 7.11 Å². The van der Waals surface area contributed by atoms with Gasteiger partial charge in [-0.3, -0.25) is 4.79 Å². The molecule has 2 amide bonds. The molecule has 0 bridgehead atoms. The molecule has 0 aromatic rings. The van der Waals surface area contributed by atoms with Gasteiger partial charge in [-0.1, -0.05) is 0 Å². The van der Waals surface area contributed by atoms with E-state index < -0.39 is 0 Å². The average molecular weight is 274 g/mol. The van der Waals surface area contributed by atoms with E-state index in [1.807, 2.05) is 6.26 Å². The average Bonchev–Trinajstić information content (AvgIpc) is 2.42. The molecule has 1 fully saturated rings. The van der Waals surface area contributed by atoms with Gasteiger partial charge in [0.2, 0.25) is 0 Å².